The van der Waals surface area contributed by atoms with Gasteiger partial charge in [-0.05, 0) is 43.0 Å². The zero-order chi connectivity index (χ0) is 13.7. The molecule has 2 atom stereocenters. The molecule has 0 saturated carbocycles. The van der Waals surface area contributed by atoms with Crippen molar-refractivity contribution >= 4 is 0 Å². The third-order valence-corrected chi connectivity index (χ3v) is 4.09. The van der Waals surface area contributed by atoms with Crippen LogP contribution in [0.15, 0.2) is 24.3 Å². The third kappa shape index (κ3) is 3.54. The summed E-state index contributed by atoms with van der Waals surface area (Å²) in [5, 5.41) is 3.38. The van der Waals surface area contributed by atoms with Crippen LogP contribution in [0.1, 0.15) is 42.9 Å². The molecule has 1 aromatic rings. The van der Waals surface area contributed by atoms with E-state index in [0.717, 1.165) is 18.7 Å². The first-order valence-corrected chi connectivity index (χ1v) is 7.15. The highest BCUT2D eigenvalue weighted by Gasteiger charge is 2.20. The minimum absolute atomic E-state index is 0.102. The summed E-state index contributed by atoms with van der Waals surface area (Å²) in [7, 11) is 1.65. The van der Waals surface area contributed by atoms with Gasteiger partial charge >= 0.3 is 0 Å². The van der Waals surface area contributed by atoms with Gasteiger partial charge in [0.25, 0.3) is 0 Å². The highest BCUT2D eigenvalue weighted by molar-refractivity contribution is 5.27. The molecule has 3 heteroatoms. The summed E-state index contributed by atoms with van der Waals surface area (Å²) in [6, 6.07) is 8.56. The van der Waals surface area contributed by atoms with Crippen molar-refractivity contribution in [3.63, 3.8) is 0 Å². The van der Waals surface area contributed by atoms with E-state index >= 15 is 0 Å². The van der Waals surface area contributed by atoms with Crippen LogP contribution in [0.3, 0.4) is 0 Å². The van der Waals surface area contributed by atoms with Gasteiger partial charge < -0.3 is 10.1 Å². The van der Waals surface area contributed by atoms with Crippen molar-refractivity contribution < 1.29 is 9.13 Å². The molecule has 106 valence electrons. The summed E-state index contributed by atoms with van der Waals surface area (Å²) in [4.78, 5) is 0. The van der Waals surface area contributed by atoms with E-state index in [9.17, 15) is 4.39 Å². The molecule has 0 amide bonds. The standard InChI is InChI=1S/C16H24FNO/c1-12(11-17)16(19-2)15-5-3-13(4-6-15)14-7-9-18-10-8-14/h3-6,12,14,16,18H,7-11H2,1-2H3/t12-,16+/m1/s1. The van der Waals surface area contributed by atoms with Crippen molar-refractivity contribution in [1.29, 1.82) is 0 Å². The van der Waals surface area contributed by atoms with Gasteiger partial charge in [0, 0.05) is 13.0 Å². The summed E-state index contributed by atoms with van der Waals surface area (Å²) in [6.07, 6.45) is 2.26. The summed E-state index contributed by atoms with van der Waals surface area (Å²) in [6.45, 7) is 3.74. The number of ether oxygens (including phenoxy) is 1. The van der Waals surface area contributed by atoms with Crippen LogP contribution in [-0.4, -0.2) is 26.9 Å². The van der Waals surface area contributed by atoms with Crippen LogP contribution in [0.5, 0.6) is 0 Å². The zero-order valence-electron chi connectivity index (χ0n) is 11.9. The minimum atomic E-state index is -0.353. The Morgan fingerprint density at radius 1 is 1.26 bits per heavy atom. The van der Waals surface area contributed by atoms with Crippen molar-refractivity contribution in [3.05, 3.63) is 35.4 Å². The lowest BCUT2D eigenvalue weighted by Crippen LogP contribution is -2.26. The van der Waals surface area contributed by atoms with Gasteiger partial charge in [-0.15, -0.1) is 0 Å². The summed E-state index contributed by atoms with van der Waals surface area (Å²) in [5.74, 6) is 0.560. The first-order valence-electron chi connectivity index (χ1n) is 7.15. The monoisotopic (exact) mass is 265 g/mol. The first kappa shape index (κ1) is 14.5. The van der Waals surface area contributed by atoms with Gasteiger partial charge in [0.15, 0.2) is 0 Å². The maximum Gasteiger partial charge on any atom is 0.0948 e. The number of rotatable bonds is 5. The van der Waals surface area contributed by atoms with Crippen LogP contribution in [-0.2, 0) is 4.74 Å². The predicted molar refractivity (Wildman–Crippen MR) is 76.2 cm³/mol. The second kappa shape index (κ2) is 7.01. The highest BCUT2D eigenvalue weighted by atomic mass is 19.1. The second-order valence-corrected chi connectivity index (χ2v) is 5.48. The van der Waals surface area contributed by atoms with E-state index < -0.39 is 0 Å². The summed E-state index contributed by atoms with van der Waals surface area (Å²) < 4.78 is 18.2. The molecule has 0 bridgehead atoms. The smallest absolute Gasteiger partial charge is 0.0948 e. The molecule has 19 heavy (non-hydrogen) atoms. The number of alkyl halides is 1. The van der Waals surface area contributed by atoms with Crippen LogP contribution >= 0.6 is 0 Å². The maximum absolute atomic E-state index is 12.8. The number of hydrogen-bond acceptors (Lipinski definition) is 2. The van der Waals surface area contributed by atoms with Gasteiger partial charge in [0.1, 0.15) is 0 Å². The Morgan fingerprint density at radius 2 is 1.89 bits per heavy atom. The Labute approximate surface area is 115 Å². The number of methoxy groups -OCH3 is 1. The molecule has 1 aromatic carbocycles. The molecule has 2 rings (SSSR count). The first-order chi connectivity index (χ1) is 9.26. The van der Waals surface area contributed by atoms with Crippen molar-refractivity contribution in [2.75, 3.05) is 26.9 Å². The molecule has 0 aromatic heterocycles. The second-order valence-electron chi connectivity index (χ2n) is 5.48. The molecule has 1 N–H and O–H groups in total. The fourth-order valence-corrected chi connectivity index (χ4v) is 2.89. The number of hydrogen-bond donors (Lipinski definition) is 1. The molecule has 2 nitrogen and oxygen atoms in total. The average Bonchev–Trinajstić information content (AvgIpc) is 2.49. The van der Waals surface area contributed by atoms with E-state index in [1.165, 1.54) is 18.4 Å². The summed E-state index contributed by atoms with van der Waals surface area (Å²) in [5.41, 5.74) is 2.47. The Kier molecular flexibility index (Phi) is 5.34. The average molecular weight is 265 g/mol. The molecule has 1 heterocycles. The van der Waals surface area contributed by atoms with Crippen molar-refractivity contribution in [2.45, 2.75) is 31.8 Å². The van der Waals surface area contributed by atoms with Crippen LogP contribution in [0.25, 0.3) is 0 Å². The van der Waals surface area contributed by atoms with Crippen molar-refractivity contribution in [3.8, 4) is 0 Å². The molecule has 0 spiro atoms. The topological polar surface area (TPSA) is 21.3 Å². The van der Waals surface area contributed by atoms with Crippen LogP contribution in [0.2, 0.25) is 0 Å². The van der Waals surface area contributed by atoms with Gasteiger partial charge in [-0.3, -0.25) is 4.39 Å². The number of benzene rings is 1. The van der Waals surface area contributed by atoms with E-state index in [0.29, 0.717) is 5.92 Å². The molecule has 1 saturated heterocycles. The Hall–Kier alpha value is -0.930. The van der Waals surface area contributed by atoms with Crippen molar-refractivity contribution in [1.82, 2.24) is 5.32 Å². The molecule has 0 aliphatic carbocycles. The largest absolute Gasteiger partial charge is 0.376 e. The Balaban J connectivity index is 2.08. The van der Waals surface area contributed by atoms with Gasteiger partial charge in [0.2, 0.25) is 0 Å². The zero-order valence-corrected chi connectivity index (χ0v) is 11.9. The fourth-order valence-electron chi connectivity index (χ4n) is 2.89. The van der Waals surface area contributed by atoms with Crippen LogP contribution in [0, 0.1) is 5.92 Å². The molecule has 0 unspecified atom stereocenters. The molecular weight excluding hydrogens is 241 g/mol. The predicted octanol–water partition coefficient (Wildman–Crippen LogP) is 3.45. The lowest BCUT2D eigenvalue weighted by atomic mass is 9.88. The SMILES string of the molecule is CO[C@H](c1ccc(C2CCNCC2)cc1)[C@H](C)CF. The van der Waals surface area contributed by atoms with Crippen molar-refractivity contribution in [2.24, 2.45) is 5.92 Å². The summed E-state index contributed by atoms with van der Waals surface area (Å²) >= 11 is 0. The molecule has 0 radical (unpaired) electrons. The lowest BCUT2D eigenvalue weighted by molar-refractivity contribution is 0.0479. The highest BCUT2D eigenvalue weighted by Crippen LogP contribution is 2.29. The van der Waals surface area contributed by atoms with Crippen LogP contribution < -0.4 is 5.32 Å². The normalized spacial score (nSPS) is 20.2. The van der Waals surface area contributed by atoms with E-state index in [1.807, 2.05) is 6.92 Å². The van der Waals surface area contributed by atoms with Gasteiger partial charge in [-0.1, -0.05) is 31.2 Å². The van der Waals surface area contributed by atoms with Crippen LogP contribution in [0.4, 0.5) is 4.39 Å². The number of halogens is 1. The Morgan fingerprint density at radius 3 is 2.42 bits per heavy atom. The van der Waals surface area contributed by atoms with Gasteiger partial charge in [-0.25, -0.2) is 0 Å². The maximum atomic E-state index is 12.8. The molecular formula is C16H24FNO. The van der Waals surface area contributed by atoms with E-state index in [1.54, 1.807) is 7.11 Å². The lowest BCUT2D eigenvalue weighted by Gasteiger charge is -2.24. The third-order valence-electron chi connectivity index (χ3n) is 4.09. The van der Waals surface area contributed by atoms with E-state index in [-0.39, 0.29) is 18.7 Å². The molecule has 1 aliphatic rings. The minimum Gasteiger partial charge on any atom is -0.376 e. The number of nitrogens with one attached hydrogen (secondary N) is 1. The number of piperidine rings is 1. The quantitative estimate of drug-likeness (QED) is 0.880. The molecule has 1 fully saturated rings. The fraction of sp³-hybridized carbons (Fsp3) is 0.625. The van der Waals surface area contributed by atoms with E-state index in [4.69, 9.17) is 4.74 Å². The van der Waals surface area contributed by atoms with Gasteiger partial charge in [0.05, 0.1) is 12.8 Å². The molecule has 1 aliphatic heterocycles. The van der Waals surface area contributed by atoms with E-state index in [2.05, 4.69) is 29.6 Å². The van der Waals surface area contributed by atoms with Gasteiger partial charge in [-0.2, -0.15) is 0 Å². The Bertz CT molecular complexity index is 373.